The normalized spacial score (nSPS) is 16.3. The van der Waals surface area contributed by atoms with E-state index in [0.29, 0.717) is 0 Å². The van der Waals surface area contributed by atoms with Crippen molar-refractivity contribution < 1.29 is 4.74 Å². The first-order valence-corrected chi connectivity index (χ1v) is 4.37. The lowest BCUT2D eigenvalue weighted by Gasteiger charge is -2.10. The van der Waals surface area contributed by atoms with Crippen LogP contribution in [0.25, 0.3) is 0 Å². The second-order valence-corrected chi connectivity index (χ2v) is 3.39. The smallest absolute Gasteiger partial charge is 0.123 e. The molecule has 1 aliphatic carbocycles. The molecule has 1 aromatic rings. The van der Waals surface area contributed by atoms with E-state index in [1.807, 2.05) is 24.3 Å². The number of nitrogens with zero attached hydrogens (tertiary/aromatic N) is 1. The van der Waals surface area contributed by atoms with Crippen molar-refractivity contribution in [3.05, 3.63) is 29.8 Å². The molecule has 0 aromatic heterocycles. The van der Waals surface area contributed by atoms with Gasteiger partial charge in [0.2, 0.25) is 0 Å². The zero-order chi connectivity index (χ0) is 9.31. The Morgan fingerprint density at radius 3 is 2.50 bits per heavy atom. The molecule has 74 valence electrons. The predicted octanol–water partition coefficient (Wildman–Crippen LogP) is 2.89. The summed E-state index contributed by atoms with van der Waals surface area (Å²) < 4.78 is 5.22. The number of hydrogen-bond acceptors (Lipinski definition) is 2. The SMILES string of the molecule is C.COc1ccccc1C1(C#N)CC1. The lowest BCUT2D eigenvalue weighted by Crippen LogP contribution is -2.04. The van der Waals surface area contributed by atoms with Gasteiger partial charge in [0.05, 0.1) is 18.6 Å². The molecule has 0 bridgehead atoms. The highest BCUT2D eigenvalue weighted by atomic mass is 16.5. The summed E-state index contributed by atoms with van der Waals surface area (Å²) in [6.07, 6.45) is 1.92. The Labute approximate surface area is 85.1 Å². The lowest BCUT2D eigenvalue weighted by atomic mass is 9.97. The van der Waals surface area contributed by atoms with Gasteiger partial charge >= 0.3 is 0 Å². The number of hydrogen-bond donors (Lipinski definition) is 0. The Morgan fingerprint density at radius 2 is 2.00 bits per heavy atom. The number of benzene rings is 1. The van der Waals surface area contributed by atoms with E-state index >= 15 is 0 Å². The maximum Gasteiger partial charge on any atom is 0.123 e. The highest BCUT2D eigenvalue weighted by Gasteiger charge is 2.46. The van der Waals surface area contributed by atoms with Gasteiger partial charge in [-0.15, -0.1) is 0 Å². The van der Waals surface area contributed by atoms with E-state index in [1.54, 1.807) is 7.11 Å². The van der Waals surface area contributed by atoms with E-state index in [1.165, 1.54) is 0 Å². The minimum absolute atomic E-state index is 0. The van der Waals surface area contributed by atoms with Gasteiger partial charge in [-0.1, -0.05) is 25.6 Å². The number of para-hydroxylation sites is 1. The van der Waals surface area contributed by atoms with Crippen molar-refractivity contribution in [1.82, 2.24) is 0 Å². The van der Waals surface area contributed by atoms with Gasteiger partial charge in [0.25, 0.3) is 0 Å². The molecule has 0 unspecified atom stereocenters. The molecular weight excluding hydrogens is 174 g/mol. The van der Waals surface area contributed by atoms with Crippen LogP contribution in [0.4, 0.5) is 0 Å². The maximum absolute atomic E-state index is 9.02. The fraction of sp³-hybridized carbons (Fsp3) is 0.417. The average molecular weight is 189 g/mol. The molecule has 2 nitrogen and oxygen atoms in total. The monoisotopic (exact) mass is 189 g/mol. The van der Waals surface area contributed by atoms with Crippen LogP contribution in [0.5, 0.6) is 5.75 Å². The van der Waals surface area contributed by atoms with E-state index in [4.69, 9.17) is 10.00 Å². The Morgan fingerprint density at radius 1 is 1.36 bits per heavy atom. The maximum atomic E-state index is 9.02. The molecule has 1 fully saturated rings. The standard InChI is InChI=1S/C11H11NO.CH4/c1-13-10-5-3-2-4-9(10)11(8-12)6-7-11;/h2-5H,6-7H2,1H3;1H4. The van der Waals surface area contributed by atoms with Crippen LogP contribution in [-0.2, 0) is 5.41 Å². The summed E-state index contributed by atoms with van der Waals surface area (Å²) >= 11 is 0. The first kappa shape index (κ1) is 10.6. The van der Waals surface area contributed by atoms with Crippen LogP contribution < -0.4 is 4.74 Å². The third-order valence-corrected chi connectivity index (χ3v) is 2.59. The molecule has 1 aromatic carbocycles. The number of nitriles is 1. The molecule has 0 amide bonds. The molecule has 1 saturated carbocycles. The summed E-state index contributed by atoms with van der Waals surface area (Å²) in [6.45, 7) is 0. The van der Waals surface area contributed by atoms with Crippen LogP contribution >= 0.6 is 0 Å². The Kier molecular flexibility index (Phi) is 2.81. The van der Waals surface area contributed by atoms with Crippen LogP contribution in [-0.4, -0.2) is 7.11 Å². The molecule has 0 radical (unpaired) electrons. The van der Waals surface area contributed by atoms with Gasteiger partial charge in [-0.05, 0) is 18.9 Å². The van der Waals surface area contributed by atoms with Crippen molar-refractivity contribution in [2.75, 3.05) is 7.11 Å². The van der Waals surface area contributed by atoms with Gasteiger partial charge in [-0.3, -0.25) is 0 Å². The summed E-state index contributed by atoms with van der Waals surface area (Å²) in [5, 5.41) is 9.02. The quantitative estimate of drug-likeness (QED) is 0.716. The highest BCUT2D eigenvalue weighted by molar-refractivity contribution is 5.47. The predicted molar refractivity (Wildman–Crippen MR) is 56.3 cm³/mol. The molecule has 14 heavy (non-hydrogen) atoms. The van der Waals surface area contributed by atoms with E-state index < -0.39 is 0 Å². The first-order chi connectivity index (χ1) is 6.32. The molecule has 2 heteroatoms. The van der Waals surface area contributed by atoms with Gasteiger partial charge in [0.15, 0.2) is 0 Å². The van der Waals surface area contributed by atoms with Crippen molar-refractivity contribution in [3.63, 3.8) is 0 Å². The molecule has 0 N–H and O–H groups in total. The minimum atomic E-state index is -0.243. The Bertz CT molecular complexity index is 361. The topological polar surface area (TPSA) is 33.0 Å². The van der Waals surface area contributed by atoms with E-state index in [2.05, 4.69) is 6.07 Å². The van der Waals surface area contributed by atoms with Gasteiger partial charge < -0.3 is 4.74 Å². The first-order valence-electron chi connectivity index (χ1n) is 4.37. The van der Waals surface area contributed by atoms with Crippen molar-refractivity contribution in [3.8, 4) is 11.8 Å². The summed E-state index contributed by atoms with van der Waals surface area (Å²) in [7, 11) is 1.65. The Balaban J connectivity index is 0.000000980. The second kappa shape index (κ2) is 3.71. The second-order valence-electron chi connectivity index (χ2n) is 3.39. The molecule has 1 aliphatic rings. The summed E-state index contributed by atoms with van der Waals surface area (Å²) in [4.78, 5) is 0. The van der Waals surface area contributed by atoms with Crippen molar-refractivity contribution in [2.45, 2.75) is 25.7 Å². The van der Waals surface area contributed by atoms with E-state index in [-0.39, 0.29) is 12.8 Å². The van der Waals surface area contributed by atoms with Gasteiger partial charge in [-0.25, -0.2) is 0 Å². The van der Waals surface area contributed by atoms with Gasteiger partial charge in [0, 0.05) is 5.56 Å². The third kappa shape index (κ3) is 1.46. The van der Waals surface area contributed by atoms with Crippen LogP contribution in [0.2, 0.25) is 0 Å². The van der Waals surface area contributed by atoms with Crippen LogP contribution in [0.15, 0.2) is 24.3 Å². The van der Waals surface area contributed by atoms with Crippen molar-refractivity contribution >= 4 is 0 Å². The average Bonchev–Trinajstić information content (AvgIpc) is 2.98. The van der Waals surface area contributed by atoms with E-state index in [0.717, 1.165) is 24.2 Å². The van der Waals surface area contributed by atoms with Crippen molar-refractivity contribution in [1.29, 1.82) is 5.26 Å². The third-order valence-electron chi connectivity index (χ3n) is 2.59. The molecule has 0 saturated heterocycles. The summed E-state index contributed by atoms with van der Waals surface area (Å²) in [5.41, 5.74) is 0.798. The minimum Gasteiger partial charge on any atom is -0.496 e. The van der Waals surface area contributed by atoms with Gasteiger partial charge in [0.1, 0.15) is 5.75 Å². The molecule has 2 rings (SSSR count). The summed E-state index contributed by atoms with van der Waals surface area (Å²) in [6, 6.07) is 10.1. The molecule has 0 atom stereocenters. The fourth-order valence-electron chi connectivity index (χ4n) is 1.61. The largest absolute Gasteiger partial charge is 0.496 e. The number of ether oxygens (including phenoxy) is 1. The fourth-order valence-corrected chi connectivity index (χ4v) is 1.61. The number of rotatable bonds is 2. The number of methoxy groups -OCH3 is 1. The van der Waals surface area contributed by atoms with Gasteiger partial charge in [-0.2, -0.15) is 5.26 Å². The Hall–Kier alpha value is -1.49. The molecule has 0 spiro atoms. The zero-order valence-corrected chi connectivity index (χ0v) is 7.58. The molecule has 0 heterocycles. The lowest BCUT2D eigenvalue weighted by molar-refractivity contribution is 0.407. The molecular formula is C12H15NO. The van der Waals surface area contributed by atoms with E-state index in [9.17, 15) is 0 Å². The zero-order valence-electron chi connectivity index (χ0n) is 7.58. The summed E-state index contributed by atoms with van der Waals surface area (Å²) in [5.74, 6) is 0.835. The van der Waals surface area contributed by atoms with Crippen LogP contribution in [0.3, 0.4) is 0 Å². The molecule has 0 aliphatic heterocycles. The highest BCUT2D eigenvalue weighted by Crippen LogP contribution is 2.50. The van der Waals surface area contributed by atoms with Crippen LogP contribution in [0.1, 0.15) is 25.8 Å². The van der Waals surface area contributed by atoms with Crippen LogP contribution in [0, 0.1) is 11.3 Å². The van der Waals surface area contributed by atoms with Crippen molar-refractivity contribution in [2.24, 2.45) is 0 Å².